The monoisotopic (exact) mass is 286 g/mol. The van der Waals surface area contributed by atoms with Gasteiger partial charge in [0.1, 0.15) is 11.5 Å². The number of carbonyl (C=O) groups is 1. The number of anilines is 2. The van der Waals surface area contributed by atoms with Crippen molar-refractivity contribution >= 4 is 17.3 Å². The van der Waals surface area contributed by atoms with Gasteiger partial charge in [0.2, 0.25) is 5.91 Å². The van der Waals surface area contributed by atoms with E-state index in [9.17, 15) is 15.0 Å². The van der Waals surface area contributed by atoms with E-state index in [1.165, 1.54) is 19.1 Å². The van der Waals surface area contributed by atoms with Crippen molar-refractivity contribution in [3.63, 3.8) is 0 Å². The molecule has 5 nitrogen and oxygen atoms in total. The molecule has 0 saturated carbocycles. The van der Waals surface area contributed by atoms with Gasteiger partial charge in [-0.25, -0.2) is 0 Å². The lowest BCUT2D eigenvalue weighted by atomic mass is 10.1. The van der Waals surface area contributed by atoms with Crippen LogP contribution in [0.4, 0.5) is 11.4 Å². The van der Waals surface area contributed by atoms with Crippen LogP contribution in [0.5, 0.6) is 11.5 Å². The molecule has 0 aromatic heterocycles. The first kappa shape index (κ1) is 14.7. The standard InChI is InChI=1S/C16H18N2O3/c1-10(16-14(20)4-3-5-15(16)21)17-12-6-8-13(9-7-12)18-11(2)19/h3-10,17,20-21H,1-2H3,(H,18,19). The van der Waals surface area contributed by atoms with Gasteiger partial charge >= 0.3 is 0 Å². The van der Waals surface area contributed by atoms with Gasteiger partial charge in [0.25, 0.3) is 0 Å². The lowest BCUT2D eigenvalue weighted by Gasteiger charge is -2.18. The largest absolute Gasteiger partial charge is 0.507 e. The molecule has 0 aliphatic heterocycles. The van der Waals surface area contributed by atoms with Crippen molar-refractivity contribution in [3.05, 3.63) is 48.0 Å². The lowest BCUT2D eigenvalue weighted by Crippen LogP contribution is -2.08. The molecule has 0 heterocycles. The van der Waals surface area contributed by atoms with Crippen LogP contribution in [0.25, 0.3) is 0 Å². The molecule has 0 radical (unpaired) electrons. The molecule has 1 amide bonds. The van der Waals surface area contributed by atoms with Crippen molar-refractivity contribution in [2.24, 2.45) is 0 Å². The molecule has 4 N–H and O–H groups in total. The lowest BCUT2D eigenvalue weighted by molar-refractivity contribution is -0.114. The zero-order valence-electron chi connectivity index (χ0n) is 11.9. The number of rotatable bonds is 4. The highest BCUT2D eigenvalue weighted by Crippen LogP contribution is 2.34. The van der Waals surface area contributed by atoms with E-state index < -0.39 is 0 Å². The third kappa shape index (κ3) is 3.66. The predicted octanol–water partition coefficient (Wildman–Crippen LogP) is 3.23. The van der Waals surface area contributed by atoms with Gasteiger partial charge in [0, 0.05) is 18.3 Å². The van der Waals surface area contributed by atoms with Crippen molar-refractivity contribution in [1.29, 1.82) is 0 Å². The van der Waals surface area contributed by atoms with E-state index in [0.29, 0.717) is 11.3 Å². The van der Waals surface area contributed by atoms with Crippen molar-refractivity contribution in [1.82, 2.24) is 0 Å². The minimum atomic E-state index is -0.266. The number of phenols is 2. The summed E-state index contributed by atoms with van der Waals surface area (Å²) in [5, 5.41) is 25.5. The maximum atomic E-state index is 11.0. The second-order valence-electron chi connectivity index (χ2n) is 4.83. The van der Waals surface area contributed by atoms with Crippen LogP contribution < -0.4 is 10.6 Å². The van der Waals surface area contributed by atoms with Crippen LogP contribution >= 0.6 is 0 Å². The molecule has 0 aliphatic carbocycles. The first-order valence-electron chi connectivity index (χ1n) is 6.62. The van der Waals surface area contributed by atoms with E-state index in [1.807, 2.05) is 19.1 Å². The Hall–Kier alpha value is -2.69. The Morgan fingerprint density at radius 2 is 1.52 bits per heavy atom. The van der Waals surface area contributed by atoms with Crippen molar-refractivity contribution in [2.75, 3.05) is 10.6 Å². The molecule has 2 aromatic carbocycles. The quantitative estimate of drug-likeness (QED) is 0.695. The normalized spacial score (nSPS) is 11.7. The third-order valence-corrected chi connectivity index (χ3v) is 3.08. The Bertz CT molecular complexity index is 618. The van der Waals surface area contributed by atoms with Crippen molar-refractivity contribution < 1.29 is 15.0 Å². The number of amides is 1. The molecule has 2 aromatic rings. The highest BCUT2D eigenvalue weighted by atomic mass is 16.3. The minimum Gasteiger partial charge on any atom is -0.507 e. The van der Waals surface area contributed by atoms with Gasteiger partial charge in [-0.1, -0.05) is 6.07 Å². The Morgan fingerprint density at radius 3 is 2.05 bits per heavy atom. The Morgan fingerprint density at radius 1 is 1.00 bits per heavy atom. The topological polar surface area (TPSA) is 81.6 Å². The van der Waals surface area contributed by atoms with E-state index in [0.717, 1.165) is 5.69 Å². The molecule has 5 heteroatoms. The molecule has 0 aliphatic rings. The van der Waals surface area contributed by atoms with Gasteiger partial charge in [0.15, 0.2) is 0 Å². The van der Waals surface area contributed by atoms with Gasteiger partial charge < -0.3 is 20.8 Å². The van der Waals surface area contributed by atoms with Crippen molar-refractivity contribution in [3.8, 4) is 11.5 Å². The van der Waals surface area contributed by atoms with Gasteiger partial charge in [-0.15, -0.1) is 0 Å². The van der Waals surface area contributed by atoms with Crippen LogP contribution in [0.1, 0.15) is 25.5 Å². The highest BCUT2D eigenvalue weighted by molar-refractivity contribution is 5.88. The van der Waals surface area contributed by atoms with Gasteiger partial charge in [-0.05, 0) is 43.3 Å². The summed E-state index contributed by atoms with van der Waals surface area (Å²) in [5.74, 6) is -0.0297. The maximum Gasteiger partial charge on any atom is 0.221 e. The van der Waals surface area contributed by atoms with Gasteiger partial charge in [-0.3, -0.25) is 4.79 Å². The minimum absolute atomic E-state index is 0.0462. The predicted molar refractivity (Wildman–Crippen MR) is 82.6 cm³/mol. The van der Waals surface area contributed by atoms with E-state index >= 15 is 0 Å². The third-order valence-electron chi connectivity index (χ3n) is 3.08. The summed E-state index contributed by atoms with van der Waals surface area (Å²) in [4.78, 5) is 11.0. The molecule has 1 atom stereocenters. The first-order chi connectivity index (χ1) is 9.97. The van der Waals surface area contributed by atoms with Crippen LogP contribution in [0.15, 0.2) is 42.5 Å². The first-order valence-corrected chi connectivity index (χ1v) is 6.62. The number of hydrogen-bond donors (Lipinski definition) is 4. The number of hydrogen-bond acceptors (Lipinski definition) is 4. The highest BCUT2D eigenvalue weighted by Gasteiger charge is 2.14. The molecular formula is C16H18N2O3. The number of benzene rings is 2. The Kier molecular flexibility index (Phi) is 4.33. The number of nitrogens with one attached hydrogen (secondary N) is 2. The van der Waals surface area contributed by atoms with Crippen LogP contribution in [-0.4, -0.2) is 16.1 Å². The molecule has 110 valence electrons. The SMILES string of the molecule is CC(=O)Nc1ccc(NC(C)c2c(O)cccc2O)cc1. The van der Waals surface area contributed by atoms with Crippen LogP contribution in [-0.2, 0) is 4.79 Å². The zero-order valence-corrected chi connectivity index (χ0v) is 11.9. The fraction of sp³-hybridized carbons (Fsp3) is 0.188. The van der Waals surface area contributed by atoms with Gasteiger partial charge in [-0.2, -0.15) is 0 Å². The van der Waals surface area contributed by atoms with Crippen LogP contribution in [0.2, 0.25) is 0 Å². The number of aromatic hydroxyl groups is 2. The average Bonchev–Trinajstić information content (AvgIpc) is 2.40. The van der Waals surface area contributed by atoms with Crippen LogP contribution in [0, 0.1) is 0 Å². The second kappa shape index (κ2) is 6.17. The summed E-state index contributed by atoms with van der Waals surface area (Å²) in [7, 11) is 0. The molecule has 0 bridgehead atoms. The second-order valence-corrected chi connectivity index (χ2v) is 4.83. The Balaban J connectivity index is 2.12. The van der Waals surface area contributed by atoms with E-state index in [-0.39, 0.29) is 23.4 Å². The molecule has 1 unspecified atom stereocenters. The Labute approximate surface area is 123 Å². The number of phenolic OH excluding ortho intramolecular Hbond substituents is 2. The molecule has 0 spiro atoms. The molecule has 0 saturated heterocycles. The molecule has 0 fully saturated rings. The fourth-order valence-corrected chi connectivity index (χ4v) is 2.16. The maximum absolute atomic E-state index is 11.0. The van der Waals surface area contributed by atoms with Gasteiger partial charge in [0.05, 0.1) is 11.6 Å². The summed E-state index contributed by atoms with van der Waals surface area (Å²) in [6.07, 6.45) is 0. The molecular weight excluding hydrogens is 268 g/mol. The smallest absolute Gasteiger partial charge is 0.221 e. The van der Waals surface area contributed by atoms with E-state index in [1.54, 1.807) is 18.2 Å². The van der Waals surface area contributed by atoms with E-state index in [4.69, 9.17) is 0 Å². The number of carbonyl (C=O) groups excluding carboxylic acids is 1. The summed E-state index contributed by atoms with van der Waals surface area (Å²) in [6, 6.07) is 11.6. The molecule has 2 rings (SSSR count). The van der Waals surface area contributed by atoms with E-state index in [2.05, 4.69) is 10.6 Å². The molecule has 21 heavy (non-hydrogen) atoms. The summed E-state index contributed by atoms with van der Waals surface area (Å²) >= 11 is 0. The zero-order chi connectivity index (χ0) is 15.4. The average molecular weight is 286 g/mol. The van der Waals surface area contributed by atoms with Crippen LogP contribution in [0.3, 0.4) is 0 Å². The summed E-state index contributed by atoms with van der Waals surface area (Å²) in [5.41, 5.74) is 1.98. The fourth-order valence-electron chi connectivity index (χ4n) is 2.16. The summed E-state index contributed by atoms with van der Waals surface area (Å²) < 4.78 is 0. The van der Waals surface area contributed by atoms with Crippen molar-refractivity contribution in [2.45, 2.75) is 19.9 Å². The summed E-state index contributed by atoms with van der Waals surface area (Å²) in [6.45, 7) is 3.30.